The summed E-state index contributed by atoms with van der Waals surface area (Å²) in [6, 6.07) is 57.1. The molecular formula is C56H58O11. The number of carbonyl (C=O) groups excluding carboxylic acids is 2. The molecule has 6 aromatic carbocycles. The second-order valence-corrected chi connectivity index (χ2v) is 16.9. The Labute approximate surface area is 392 Å². The SMILES string of the molecule is C[C@@H]1[C@@H](C)[C@@H](O[C@H]2O[C@H](COC(=O)c3ccccc3)[C@@H](OCc3ccccc3)[C@H](OCc3ccccc3)[C@H]2OCc2ccccc2)O[C@H](COC(=O)c2ccccc2)[C@H]1OCc1ccccc1. The van der Waals surface area contributed by atoms with E-state index in [2.05, 4.69) is 6.92 Å². The van der Waals surface area contributed by atoms with Crippen LogP contribution in [0.5, 0.6) is 0 Å². The van der Waals surface area contributed by atoms with Crippen molar-refractivity contribution < 1.29 is 52.2 Å². The molecule has 0 amide bonds. The summed E-state index contributed by atoms with van der Waals surface area (Å²) >= 11 is 0. The van der Waals surface area contributed by atoms with E-state index in [4.69, 9.17) is 42.6 Å². The number of hydrogen-bond acceptors (Lipinski definition) is 11. The lowest BCUT2D eigenvalue weighted by Gasteiger charge is -2.49. The maximum atomic E-state index is 13.5. The van der Waals surface area contributed by atoms with Crippen molar-refractivity contribution in [2.45, 2.75) is 89.5 Å². The standard InChI is InChI=1S/C56H58O11/c1-39-40(2)55(65-47(37-63-53(57)45-29-17-7-18-30-45)49(39)59-33-41-21-9-3-10-22-41)67-56-52(62-36-44-27-15-6-16-28-44)51(61-35-43-25-13-5-14-26-43)50(60-34-42-23-11-4-12-24-42)48(66-56)38-64-54(58)46-31-19-8-20-32-46/h3-32,39-40,47-52,55-56H,33-38H2,1-2H3/t39-,40-,47-,48-,49+,50-,51+,52-,55-,56-/m1/s1. The largest absolute Gasteiger partial charge is 0.459 e. The van der Waals surface area contributed by atoms with Crippen LogP contribution in [0.4, 0.5) is 0 Å². The summed E-state index contributed by atoms with van der Waals surface area (Å²) in [5, 5.41) is 0. The van der Waals surface area contributed by atoms with E-state index < -0.39 is 61.1 Å². The maximum absolute atomic E-state index is 13.5. The number of esters is 2. The van der Waals surface area contributed by atoms with Gasteiger partial charge in [-0.1, -0.05) is 172 Å². The third-order valence-electron chi connectivity index (χ3n) is 12.2. The van der Waals surface area contributed by atoms with Crippen LogP contribution in [0, 0.1) is 11.8 Å². The minimum Gasteiger partial charge on any atom is -0.459 e. The minimum absolute atomic E-state index is 0.0974. The molecule has 67 heavy (non-hydrogen) atoms. The van der Waals surface area contributed by atoms with Crippen LogP contribution in [-0.2, 0) is 69.1 Å². The van der Waals surface area contributed by atoms with Gasteiger partial charge in [-0.15, -0.1) is 0 Å². The summed E-state index contributed by atoms with van der Waals surface area (Å²) < 4.78 is 59.9. The van der Waals surface area contributed by atoms with Crippen molar-refractivity contribution in [1.82, 2.24) is 0 Å². The second-order valence-electron chi connectivity index (χ2n) is 16.9. The van der Waals surface area contributed by atoms with E-state index in [1.165, 1.54) is 0 Å². The van der Waals surface area contributed by atoms with Gasteiger partial charge >= 0.3 is 11.9 Å². The molecule has 0 spiro atoms. The first-order valence-corrected chi connectivity index (χ1v) is 22.9. The molecule has 348 valence electrons. The zero-order valence-corrected chi connectivity index (χ0v) is 37.8. The molecule has 2 aliphatic heterocycles. The normalized spacial score (nSPS) is 24.9. The summed E-state index contributed by atoms with van der Waals surface area (Å²) in [6.07, 6.45) is -6.63. The van der Waals surface area contributed by atoms with Crippen LogP contribution in [0.3, 0.4) is 0 Å². The quantitative estimate of drug-likeness (QED) is 0.0682. The van der Waals surface area contributed by atoms with Crippen LogP contribution in [0.2, 0.25) is 0 Å². The third kappa shape index (κ3) is 13.1. The van der Waals surface area contributed by atoms with E-state index >= 15 is 0 Å². The van der Waals surface area contributed by atoms with Gasteiger partial charge in [0.15, 0.2) is 12.6 Å². The lowest BCUT2D eigenvalue weighted by Crippen LogP contribution is -2.63. The molecule has 0 saturated carbocycles. The Morgan fingerprint density at radius 2 is 0.716 bits per heavy atom. The molecular weight excluding hydrogens is 849 g/mol. The molecule has 2 aliphatic rings. The molecule has 0 aromatic heterocycles. The molecule has 11 nitrogen and oxygen atoms in total. The Morgan fingerprint density at radius 3 is 1.13 bits per heavy atom. The molecule has 0 radical (unpaired) electrons. The van der Waals surface area contributed by atoms with Crippen molar-refractivity contribution in [1.29, 1.82) is 0 Å². The smallest absolute Gasteiger partial charge is 0.338 e. The van der Waals surface area contributed by atoms with E-state index in [-0.39, 0.29) is 44.9 Å². The topological polar surface area (TPSA) is 117 Å². The zero-order chi connectivity index (χ0) is 46.2. The van der Waals surface area contributed by atoms with Crippen LogP contribution in [0.15, 0.2) is 182 Å². The molecule has 0 bridgehead atoms. The summed E-state index contributed by atoms with van der Waals surface area (Å²) in [7, 11) is 0. The summed E-state index contributed by atoms with van der Waals surface area (Å²) in [5.74, 6) is -1.40. The highest BCUT2D eigenvalue weighted by Gasteiger charge is 2.52. The molecule has 2 saturated heterocycles. The molecule has 0 aliphatic carbocycles. The Bertz CT molecular complexity index is 2370. The highest BCUT2D eigenvalue weighted by molar-refractivity contribution is 5.89. The van der Waals surface area contributed by atoms with E-state index in [0.717, 1.165) is 22.3 Å². The number of rotatable bonds is 20. The van der Waals surface area contributed by atoms with Crippen LogP contribution < -0.4 is 0 Å². The fourth-order valence-electron chi connectivity index (χ4n) is 8.33. The Kier molecular flexibility index (Phi) is 17.1. The lowest BCUT2D eigenvalue weighted by atomic mass is 9.84. The van der Waals surface area contributed by atoms with Crippen molar-refractivity contribution in [3.05, 3.63) is 215 Å². The third-order valence-corrected chi connectivity index (χ3v) is 12.2. The Balaban J connectivity index is 1.12. The van der Waals surface area contributed by atoms with E-state index in [0.29, 0.717) is 17.7 Å². The Morgan fingerprint density at radius 1 is 0.388 bits per heavy atom. The summed E-state index contributed by atoms with van der Waals surface area (Å²) in [6.45, 7) is 4.80. The van der Waals surface area contributed by atoms with Crippen molar-refractivity contribution in [3.63, 3.8) is 0 Å². The predicted molar refractivity (Wildman–Crippen MR) is 250 cm³/mol. The Hall–Kier alpha value is -6.02. The molecule has 6 aromatic rings. The van der Waals surface area contributed by atoms with Crippen molar-refractivity contribution in [3.8, 4) is 0 Å². The van der Waals surface area contributed by atoms with Gasteiger partial charge < -0.3 is 42.6 Å². The first kappa shape index (κ1) is 47.5. The van der Waals surface area contributed by atoms with Gasteiger partial charge in [-0.2, -0.15) is 0 Å². The molecule has 2 heterocycles. The highest BCUT2D eigenvalue weighted by Crippen LogP contribution is 2.38. The van der Waals surface area contributed by atoms with Crippen molar-refractivity contribution in [2.24, 2.45) is 11.8 Å². The van der Waals surface area contributed by atoms with Crippen LogP contribution in [0.1, 0.15) is 56.8 Å². The predicted octanol–water partition coefficient (Wildman–Crippen LogP) is 9.78. The van der Waals surface area contributed by atoms with Crippen molar-refractivity contribution in [2.75, 3.05) is 13.2 Å². The van der Waals surface area contributed by atoms with Gasteiger partial charge in [0.25, 0.3) is 0 Å². The minimum atomic E-state index is -1.13. The van der Waals surface area contributed by atoms with Gasteiger partial charge in [0, 0.05) is 5.92 Å². The molecule has 0 N–H and O–H groups in total. The maximum Gasteiger partial charge on any atom is 0.338 e. The van der Waals surface area contributed by atoms with Crippen molar-refractivity contribution >= 4 is 11.9 Å². The van der Waals surface area contributed by atoms with Crippen LogP contribution in [-0.4, -0.2) is 74.4 Å². The monoisotopic (exact) mass is 906 g/mol. The highest BCUT2D eigenvalue weighted by atomic mass is 16.8. The number of carbonyl (C=O) groups is 2. The second kappa shape index (κ2) is 24.1. The zero-order valence-electron chi connectivity index (χ0n) is 37.8. The van der Waals surface area contributed by atoms with E-state index in [1.807, 2.05) is 140 Å². The lowest BCUT2D eigenvalue weighted by molar-refractivity contribution is -0.378. The molecule has 8 rings (SSSR count). The molecule has 10 atom stereocenters. The molecule has 11 heteroatoms. The number of hydrogen-bond donors (Lipinski definition) is 0. The van der Waals surface area contributed by atoms with Crippen LogP contribution in [0.25, 0.3) is 0 Å². The van der Waals surface area contributed by atoms with Crippen LogP contribution >= 0.6 is 0 Å². The average Bonchev–Trinajstić information content (AvgIpc) is 3.38. The number of ether oxygens (including phenoxy) is 9. The van der Waals surface area contributed by atoms with Gasteiger partial charge in [0.2, 0.25) is 0 Å². The van der Waals surface area contributed by atoms with Gasteiger partial charge in [-0.05, 0) is 52.4 Å². The number of benzene rings is 6. The summed E-state index contributed by atoms with van der Waals surface area (Å²) in [4.78, 5) is 26.8. The van der Waals surface area contributed by atoms with E-state index in [9.17, 15) is 9.59 Å². The first-order valence-electron chi connectivity index (χ1n) is 22.9. The van der Waals surface area contributed by atoms with Gasteiger partial charge in [0.1, 0.15) is 43.7 Å². The van der Waals surface area contributed by atoms with Gasteiger partial charge in [0.05, 0.1) is 43.7 Å². The first-order chi connectivity index (χ1) is 32.9. The molecule has 0 unspecified atom stereocenters. The fourth-order valence-corrected chi connectivity index (χ4v) is 8.33. The molecule has 2 fully saturated rings. The average molecular weight is 907 g/mol. The summed E-state index contributed by atoms with van der Waals surface area (Å²) in [5.41, 5.74) is 4.63. The van der Waals surface area contributed by atoms with E-state index in [1.54, 1.807) is 48.5 Å². The van der Waals surface area contributed by atoms with Gasteiger partial charge in [-0.25, -0.2) is 9.59 Å². The fraction of sp³-hybridized carbons (Fsp3) is 0.321. The van der Waals surface area contributed by atoms with Gasteiger partial charge in [-0.3, -0.25) is 0 Å².